The number of pyridine rings is 1. The normalized spacial score (nSPS) is 12.8. The van der Waals surface area contributed by atoms with Crippen molar-refractivity contribution in [1.29, 1.82) is 0 Å². The van der Waals surface area contributed by atoms with Gasteiger partial charge in [0, 0.05) is 19.3 Å². The van der Waals surface area contributed by atoms with E-state index in [4.69, 9.17) is 0 Å². The van der Waals surface area contributed by atoms with Gasteiger partial charge in [-0.2, -0.15) is 0 Å². The fourth-order valence-electron chi connectivity index (χ4n) is 2.86. The Morgan fingerprint density at radius 1 is 1.43 bits per heavy atom. The third-order valence-electron chi connectivity index (χ3n) is 4.25. The Hall–Kier alpha value is -2.15. The number of aliphatic hydroxyl groups excluding tert-OH is 1. The molecular formula is C16H24N4O3. The molecule has 0 bridgehead atoms. The topological polar surface area (TPSA) is 100 Å². The number of carbonyl (C=O) groups excluding carboxylic acids is 1. The summed E-state index contributed by atoms with van der Waals surface area (Å²) < 4.78 is 1.50. The molecule has 126 valence electrons. The molecule has 0 saturated carbocycles. The number of aromatic nitrogens is 3. The summed E-state index contributed by atoms with van der Waals surface area (Å²) in [5.74, 6) is -0.225. The summed E-state index contributed by atoms with van der Waals surface area (Å²) in [6.45, 7) is 5.96. The van der Waals surface area contributed by atoms with Crippen LogP contribution < -0.4 is 10.9 Å². The second-order valence-electron chi connectivity index (χ2n) is 5.86. The van der Waals surface area contributed by atoms with E-state index in [1.807, 2.05) is 13.8 Å². The Kier molecular flexibility index (Phi) is 5.20. The van der Waals surface area contributed by atoms with Gasteiger partial charge in [-0.3, -0.25) is 19.4 Å². The van der Waals surface area contributed by atoms with Crippen molar-refractivity contribution >= 4 is 16.9 Å². The third kappa shape index (κ3) is 3.44. The monoisotopic (exact) mass is 320 g/mol. The summed E-state index contributed by atoms with van der Waals surface area (Å²) in [5, 5.41) is 15.7. The highest BCUT2D eigenvalue weighted by atomic mass is 16.3. The first-order chi connectivity index (χ1) is 10.9. The number of H-pyrrole nitrogens is 1. The standard InChI is InChI=1S/C16H24N4O3/c1-5-10(6-2)12(21)8-17-15(22)11-7-9(3)18-14-13(11)16(23)19-20(14)4/h7,10,12,21H,5-6,8H2,1-4H3,(H,17,22)(H,19,23). The summed E-state index contributed by atoms with van der Waals surface area (Å²) in [5.41, 5.74) is 1.03. The zero-order valence-corrected chi connectivity index (χ0v) is 14.0. The summed E-state index contributed by atoms with van der Waals surface area (Å²) >= 11 is 0. The second-order valence-corrected chi connectivity index (χ2v) is 5.86. The van der Waals surface area contributed by atoms with Gasteiger partial charge in [0.2, 0.25) is 0 Å². The van der Waals surface area contributed by atoms with Crippen molar-refractivity contribution in [2.24, 2.45) is 13.0 Å². The molecule has 0 aliphatic carbocycles. The van der Waals surface area contributed by atoms with E-state index in [-0.39, 0.29) is 34.9 Å². The smallest absolute Gasteiger partial charge is 0.274 e. The van der Waals surface area contributed by atoms with Crippen LogP contribution in [0.25, 0.3) is 11.0 Å². The largest absolute Gasteiger partial charge is 0.391 e. The van der Waals surface area contributed by atoms with Gasteiger partial charge in [-0.1, -0.05) is 26.7 Å². The number of nitrogens with one attached hydrogen (secondary N) is 2. The molecule has 3 N–H and O–H groups in total. The van der Waals surface area contributed by atoms with Crippen LogP contribution in [0.3, 0.4) is 0 Å². The molecule has 7 heteroatoms. The van der Waals surface area contributed by atoms with Crippen LogP contribution in [0, 0.1) is 12.8 Å². The van der Waals surface area contributed by atoms with E-state index in [1.165, 1.54) is 4.68 Å². The van der Waals surface area contributed by atoms with E-state index < -0.39 is 6.10 Å². The van der Waals surface area contributed by atoms with E-state index in [2.05, 4.69) is 15.4 Å². The molecule has 1 unspecified atom stereocenters. The van der Waals surface area contributed by atoms with Crippen molar-refractivity contribution in [3.05, 3.63) is 27.7 Å². The number of aryl methyl sites for hydroxylation is 2. The Morgan fingerprint density at radius 2 is 2.09 bits per heavy atom. The Labute approximate surface area is 134 Å². The molecule has 1 atom stereocenters. The van der Waals surface area contributed by atoms with Crippen LogP contribution in [0.15, 0.2) is 10.9 Å². The van der Waals surface area contributed by atoms with Gasteiger partial charge in [-0.25, -0.2) is 4.98 Å². The number of nitrogens with zero attached hydrogens (tertiary/aromatic N) is 2. The van der Waals surface area contributed by atoms with Gasteiger partial charge >= 0.3 is 0 Å². The van der Waals surface area contributed by atoms with E-state index >= 15 is 0 Å². The molecule has 0 radical (unpaired) electrons. The summed E-state index contributed by atoms with van der Waals surface area (Å²) in [6.07, 6.45) is 1.11. The summed E-state index contributed by atoms with van der Waals surface area (Å²) in [7, 11) is 1.68. The minimum atomic E-state index is -0.596. The van der Waals surface area contributed by atoms with Crippen molar-refractivity contribution < 1.29 is 9.90 Å². The van der Waals surface area contributed by atoms with E-state index in [0.29, 0.717) is 11.3 Å². The first-order valence-corrected chi connectivity index (χ1v) is 7.91. The predicted octanol–water partition coefficient (Wildman–Crippen LogP) is 1.10. The summed E-state index contributed by atoms with van der Waals surface area (Å²) in [6, 6.07) is 1.59. The molecule has 2 heterocycles. The van der Waals surface area contributed by atoms with Crippen LogP contribution in [0.1, 0.15) is 42.7 Å². The first kappa shape index (κ1) is 17.2. The highest BCUT2D eigenvalue weighted by Crippen LogP contribution is 2.15. The van der Waals surface area contributed by atoms with E-state index in [0.717, 1.165) is 12.8 Å². The molecule has 7 nitrogen and oxygen atoms in total. The van der Waals surface area contributed by atoms with Crippen LogP contribution in [0.4, 0.5) is 0 Å². The van der Waals surface area contributed by atoms with Crippen molar-refractivity contribution in [2.75, 3.05) is 6.54 Å². The van der Waals surface area contributed by atoms with Crippen molar-refractivity contribution in [3.63, 3.8) is 0 Å². The maximum absolute atomic E-state index is 12.5. The maximum atomic E-state index is 12.5. The van der Waals surface area contributed by atoms with Gasteiger partial charge in [0.1, 0.15) is 0 Å². The molecular weight excluding hydrogens is 296 g/mol. The molecule has 2 aromatic heterocycles. The maximum Gasteiger partial charge on any atom is 0.274 e. The molecule has 0 aliphatic heterocycles. The number of aliphatic hydroxyl groups is 1. The van der Waals surface area contributed by atoms with E-state index in [1.54, 1.807) is 20.0 Å². The SMILES string of the molecule is CCC(CC)C(O)CNC(=O)c1cc(C)nc2c1c(=O)[nH]n2C. The summed E-state index contributed by atoms with van der Waals surface area (Å²) in [4.78, 5) is 28.8. The van der Waals surface area contributed by atoms with Crippen molar-refractivity contribution in [2.45, 2.75) is 39.7 Å². The van der Waals surface area contributed by atoms with Gasteiger partial charge in [-0.05, 0) is 18.9 Å². The number of rotatable bonds is 6. The minimum absolute atomic E-state index is 0.148. The van der Waals surface area contributed by atoms with Gasteiger partial charge in [0.25, 0.3) is 11.5 Å². The van der Waals surface area contributed by atoms with Crippen LogP contribution in [0.2, 0.25) is 0 Å². The number of hydrogen-bond acceptors (Lipinski definition) is 4. The molecule has 1 amide bonds. The number of hydrogen-bond donors (Lipinski definition) is 3. The lowest BCUT2D eigenvalue weighted by Crippen LogP contribution is -2.36. The van der Waals surface area contributed by atoms with Gasteiger partial charge in [0.05, 0.1) is 17.1 Å². The molecule has 0 fully saturated rings. The first-order valence-electron chi connectivity index (χ1n) is 7.91. The van der Waals surface area contributed by atoms with Gasteiger partial charge in [0.15, 0.2) is 5.65 Å². The number of aromatic amines is 1. The molecule has 2 aromatic rings. The lowest BCUT2D eigenvalue weighted by atomic mass is 9.96. The molecule has 0 aliphatic rings. The predicted molar refractivity (Wildman–Crippen MR) is 88.5 cm³/mol. The van der Waals surface area contributed by atoms with Crippen molar-refractivity contribution in [1.82, 2.24) is 20.1 Å². The lowest BCUT2D eigenvalue weighted by molar-refractivity contribution is 0.0817. The van der Waals surface area contributed by atoms with Crippen LogP contribution >= 0.6 is 0 Å². The highest BCUT2D eigenvalue weighted by molar-refractivity contribution is 6.05. The molecule has 0 saturated heterocycles. The van der Waals surface area contributed by atoms with E-state index in [9.17, 15) is 14.7 Å². The molecule has 0 aromatic carbocycles. The van der Waals surface area contributed by atoms with Crippen LogP contribution in [-0.4, -0.2) is 38.4 Å². The van der Waals surface area contributed by atoms with Gasteiger partial charge in [-0.15, -0.1) is 0 Å². The number of fused-ring (bicyclic) bond motifs is 1. The fraction of sp³-hybridized carbons (Fsp3) is 0.562. The van der Waals surface area contributed by atoms with Gasteiger partial charge < -0.3 is 10.4 Å². The Balaban J connectivity index is 2.26. The average molecular weight is 320 g/mol. The Morgan fingerprint density at radius 3 is 2.70 bits per heavy atom. The van der Waals surface area contributed by atoms with Crippen molar-refractivity contribution in [3.8, 4) is 0 Å². The minimum Gasteiger partial charge on any atom is -0.391 e. The second kappa shape index (κ2) is 6.95. The quantitative estimate of drug-likeness (QED) is 0.742. The fourth-order valence-corrected chi connectivity index (χ4v) is 2.86. The number of amides is 1. The molecule has 23 heavy (non-hydrogen) atoms. The number of carbonyl (C=O) groups is 1. The zero-order chi connectivity index (χ0) is 17.1. The highest BCUT2D eigenvalue weighted by Gasteiger charge is 2.20. The molecule has 2 rings (SSSR count). The lowest BCUT2D eigenvalue weighted by Gasteiger charge is -2.20. The molecule has 0 spiro atoms. The van der Waals surface area contributed by atoms with Crippen LogP contribution in [0.5, 0.6) is 0 Å². The average Bonchev–Trinajstić information content (AvgIpc) is 2.79. The Bertz CT molecular complexity index is 759. The van der Waals surface area contributed by atoms with Crippen LogP contribution in [-0.2, 0) is 7.05 Å². The zero-order valence-electron chi connectivity index (χ0n) is 14.0. The third-order valence-corrected chi connectivity index (χ3v) is 4.25.